The quantitative estimate of drug-likeness (QED) is 0.788. The van der Waals surface area contributed by atoms with Crippen molar-refractivity contribution in [2.24, 2.45) is 5.73 Å². The van der Waals surface area contributed by atoms with Crippen LogP contribution in [0.2, 0.25) is 0 Å². The van der Waals surface area contributed by atoms with E-state index in [-0.39, 0.29) is 0 Å². The summed E-state index contributed by atoms with van der Waals surface area (Å²) in [4.78, 5) is 0. The van der Waals surface area contributed by atoms with Crippen molar-refractivity contribution in [2.75, 3.05) is 0 Å². The molecule has 2 aromatic heterocycles. The van der Waals surface area contributed by atoms with Crippen LogP contribution in [0.3, 0.4) is 0 Å². The standard InChI is InChI=1S/C9H12N4O/c1-2-13-8(6-11-12-13)7-3-4-14-9(7)5-10/h3-4,6H,2,5,10H2,1H3. The number of hydrogen-bond donors (Lipinski definition) is 1. The summed E-state index contributed by atoms with van der Waals surface area (Å²) in [5.41, 5.74) is 7.47. The minimum Gasteiger partial charge on any atom is -0.467 e. The van der Waals surface area contributed by atoms with E-state index in [1.54, 1.807) is 12.5 Å². The molecule has 0 radical (unpaired) electrons. The lowest BCUT2D eigenvalue weighted by Gasteiger charge is -2.01. The first kappa shape index (κ1) is 8.96. The molecule has 0 aliphatic rings. The average molecular weight is 192 g/mol. The Kier molecular flexibility index (Phi) is 2.32. The maximum absolute atomic E-state index is 5.55. The van der Waals surface area contributed by atoms with Crippen LogP contribution in [0.4, 0.5) is 0 Å². The summed E-state index contributed by atoms with van der Waals surface area (Å²) in [6.45, 7) is 3.18. The van der Waals surface area contributed by atoms with Crippen molar-refractivity contribution in [1.82, 2.24) is 15.0 Å². The summed E-state index contributed by atoms with van der Waals surface area (Å²) in [5.74, 6) is 0.766. The molecule has 5 nitrogen and oxygen atoms in total. The number of aromatic nitrogens is 3. The van der Waals surface area contributed by atoms with Gasteiger partial charge in [-0.3, -0.25) is 0 Å². The van der Waals surface area contributed by atoms with Crippen LogP contribution in [0.5, 0.6) is 0 Å². The number of aryl methyl sites for hydroxylation is 1. The van der Waals surface area contributed by atoms with Gasteiger partial charge in [0.15, 0.2) is 0 Å². The van der Waals surface area contributed by atoms with Gasteiger partial charge in [-0.05, 0) is 13.0 Å². The molecule has 2 rings (SSSR count). The molecule has 0 aromatic carbocycles. The molecule has 0 unspecified atom stereocenters. The Balaban J connectivity index is 2.48. The Labute approximate surface area is 81.5 Å². The molecular weight excluding hydrogens is 180 g/mol. The van der Waals surface area contributed by atoms with Gasteiger partial charge in [-0.25, -0.2) is 4.68 Å². The van der Waals surface area contributed by atoms with Gasteiger partial charge in [0, 0.05) is 12.1 Å². The maximum Gasteiger partial charge on any atom is 0.126 e. The number of rotatable bonds is 3. The highest BCUT2D eigenvalue weighted by atomic mass is 16.3. The van der Waals surface area contributed by atoms with Gasteiger partial charge >= 0.3 is 0 Å². The minimum absolute atomic E-state index is 0.386. The second-order valence-electron chi connectivity index (χ2n) is 2.90. The molecular formula is C9H12N4O. The topological polar surface area (TPSA) is 69.9 Å². The zero-order valence-electron chi connectivity index (χ0n) is 7.97. The van der Waals surface area contributed by atoms with Gasteiger partial charge in [0.05, 0.1) is 24.7 Å². The molecule has 0 saturated carbocycles. The predicted octanol–water partition coefficient (Wildman–Crippen LogP) is 1.02. The smallest absolute Gasteiger partial charge is 0.126 e. The molecule has 0 spiro atoms. The molecule has 14 heavy (non-hydrogen) atoms. The van der Waals surface area contributed by atoms with Crippen LogP contribution >= 0.6 is 0 Å². The Morgan fingerprint density at radius 2 is 2.43 bits per heavy atom. The molecule has 0 bridgehead atoms. The molecule has 2 heterocycles. The van der Waals surface area contributed by atoms with Crippen molar-refractivity contribution in [3.63, 3.8) is 0 Å². The molecule has 5 heteroatoms. The van der Waals surface area contributed by atoms with Crippen molar-refractivity contribution < 1.29 is 4.42 Å². The van der Waals surface area contributed by atoms with Crippen LogP contribution in [0.25, 0.3) is 11.3 Å². The van der Waals surface area contributed by atoms with Crippen LogP contribution in [-0.4, -0.2) is 15.0 Å². The zero-order chi connectivity index (χ0) is 9.97. The predicted molar refractivity (Wildman–Crippen MR) is 51.3 cm³/mol. The van der Waals surface area contributed by atoms with E-state index >= 15 is 0 Å². The molecule has 0 fully saturated rings. The van der Waals surface area contributed by atoms with Crippen LogP contribution in [0.1, 0.15) is 12.7 Å². The lowest BCUT2D eigenvalue weighted by molar-refractivity contribution is 0.512. The van der Waals surface area contributed by atoms with E-state index < -0.39 is 0 Å². The summed E-state index contributed by atoms with van der Waals surface area (Å²) in [6, 6.07) is 1.88. The summed E-state index contributed by atoms with van der Waals surface area (Å²) in [5, 5.41) is 7.81. The lowest BCUT2D eigenvalue weighted by Crippen LogP contribution is -2.01. The fourth-order valence-corrected chi connectivity index (χ4v) is 1.43. The summed E-state index contributed by atoms with van der Waals surface area (Å²) in [7, 11) is 0. The molecule has 0 aliphatic heterocycles. The number of furan rings is 1. The lowest BCUT2D eigenvalue weighted by atomic mass is 10.2. The molecule has 74 valence electrons. The molecule has 0 aliphatic carbocycles. The Morgan fingerprint density at radius 1 is 1.57 bits per heavy atom. The van der Waals surface area contributed by atoms with Gasteiger partial charge in [-0.1, -0.05) is 5.21 Å². The summed E-state index contributed by atoms with van der Waals surface area (Å²) in [6.07, 6.45) is 3.35. The van der Waals surface area contributed by atoms with Crippen molar-refractivity contribution in [3.05, 3.63) is 24.3 Å². The van der Waals surface area contributed by atoms with Crippen LogP contribution in [-0.2, 0) is 13.1 Å². The molecule has 0 saturated heterocycles. The summed E-state index contributed by atoms with van der Waals surface area (Å²) < 4.78 is 7.05. The molecule has 2 N–H and O–H groups in total. The van der Waals surface area contributed by atoms with Crippen molar-refractivity contribution in [1.29, 1.82) is 0 Å². The van der Waals surface area contributed by atoms with Crippen molar-refractivity contribution in [2.45, 2.75) is 20.0 Å². The minimum atomic E-state index is 0.386. The summed E-state index contributed by atoms with van der Waals surface area (Å²) >= 11 is 0. The van der Waals surface area contributed by atoms with Crippen LogP contribution in [0, 0.1) is 0 Å². The third-order valence-corrected chi connectivity index (χ3v) is 2.12. The Morgan fingerprint density at radius 3 is 3.14 bits per heavy atom. The largest absolute Gasteiger partial charge is 0.467 e. The van der Waals surface area contributed by atoms with Crippen LogP contribution < -0.4 is 5.73 Å². The van der Waals surface area contributed by atoms with E-state index in [2.05, 4.69) is 10.3 Å². The monoisotopic (exact) mass is 192 g/mol. The van der Waals surface area contributed by atoms with Gasteiger partial charge in [-0.15, -0.1) is 5.10 Å². The van der Waals surface area contributed by atoms with Crippen molar-refractivity contribution in [3.8, 4) is 11.3 Å². The third-order valence-electron chi connectivity index (χ3n) is 2.12. The van der Waals surface area contributed by atoms with E-state index in [4.69, 9.17) is 10.2 Å². The first-order valence-corrected chi connectivity index (χ1v) is 4.52. The highest BCUT2D eigenvalue weighted by Gasteiger charge is 2.11. The molecule has 0 atom stereocenters. The van der Waals surface area contributed by atoms with Gasteiger partial charge in [-0.2, -0.15) is 0 Å². The van der Waals surface area contributed by atoms with Gasteiger partial charge in [0.2, 0.25) is 0 Å². The number of hydrogen-bond acceptors (Lipinski definition) is 4. The maximum atomic E-state index is 5.55. The van der Waals surface area contributed by atoms with Gasteiger partial charge in [0.25, 0.3) is 0 Å². The zero-order valence-corrected chi connectivity index (χ0v) is 7.97. The Hall–Kier alpha value is -1.62. The first-order valence-electron chi connectivity index (χ1n) is 4.52. The second kappa shape index (κ2) is 3.63. The van der Waals surface area contributed by atoms with E-state index in [1.165, 1.54) is 0 Å². The Bertz CT molecular complexity index is 378. The van der Waals surface area contributed by atoms with E-state index in [0.29, 0.717) is 6.54 Å². The highest BCUT2D eigenvalue weighted by molar-refractivity contribution is 5.60. The second-order valence-corrected chi connectivity index (χ2v) is 2.90. The van der Waals surface area contributed by atoms with E-state index in [9.17, 15) is 0 Å². The SMILES string of the molecule is CCn1nncc1-c1ccoc1CN. The fraction of sp³-hybridized carbons (Fsp3) is 0.333. The van der Waals surface area contributed by atoms with E-state index in [0.717, 1.165) is 23.6 Å². The number of nitrogens with zero attached hydrogens (tertiary/aromatic N) is 3. The van der Waals surface area contributed by atoms with Gasteiger partial charge in [0.1, 0.15) is 5.76 Å². The third kappa shape index (κ3) is 1.31. The molecule has 0 amide bonds. The van der Waals surface area contributed by atoms with E-state index in [1.807, 2.05) is 17.7 Å². The normalized spacial score (nSPS) is 10.7. The van der Waals surface area contributed by atoms with Crippen molar-refractivity contribution >= 4 is 0 Å². The average Bonchev–Trinajstić information content (AvgIpc) is 2.85. The highest BCUT2D eigenvalue weighted by Crippen LogP contribution is 2.23. The number of nitrogens with two attached hydrogens (primary N) is 1. The first-order chi connectivity index (χ1) is 6.86. The fourth-order valence-electron chi connectivity index (χ4n) is 1.43. The molecule has 2 aromatic rings. The van der Waals surface area contributed by atoms with Gasteiger partial charge < -0.3 is 10.2 Å². The van der Waals surface area contributed by atoms with Crippen LogP contribution in [0.15, 0.2) is 22.9 Å².